The Morgan fingerprint density at radius 1 is 1.25 bits per heavy atom. The first-order chi connectivity index (χ1) is 7.79. The summed E-state index contributed by atoms with van der Waals surface area (Å²) in [4.78, 5) is 8.35. The average Bonchev–Trinajstić information content (AvgIpc) is 2.32. The molecule has 0 bridgehead atoms. The van der Waals surface area contributed by atoms with Crippen LogP contribution in [0.3, 0.4) is 0 Å². The van der Waals surface area contributed by atoms with Crippen molar-refractivity contribution in [2.75, 3.05) is 0 Å². The highest BCUT2D eigenvalue weighted by molar-refractivity contribution is 5.80. The molecule has 0 saturated heterocycles. The molecule has 1 aliphatic carbocycles. The summed E-state index contributed by atoms with van der Waals surface area (Å²) < 4.78 is 0. The molecule has 0 atom stereocenters. The standard InChI is InChI=1S/C13H12.CHNO/c1-11-7-5-6-10-13(11)12-8-3-2-4-9-12;2-1-3/h2-6,8-10H,1,7H2;2H. The molecule has 0 radical (unpaired) electrons. The van der Waals surface area contributed by atoms with Gasteiger partial charge >= 0.3 is 0 Å². The van der Waals surface area contributed by atoms with Gasteiger partial charge < -0.3 is 0 Å². The van der Waals surface area contributed by atoms with Crippen LogP contribution in [0.2, 0.25) is 0 Å². The van der Waals surface area contributed by atoms with Gasteiger partial charge in [0, 0.05) is 0 Å². The van der Waals surface area contributed by atoms with Crippen molar-refractivity contribution >= 4 is 11.7 Å². The van der Waals surface area contributed by atoms with Gasteiger partial charge in [0.25, 0.3) is 0 Å². The molecule has 0 saturated carbocycles. The summed E-state index contributed by atoms with van der Waals surface area (Å²) in [5.41, 5.74) is 3.73. The van der Waals surface area contributed by atoms with Crippen LogP contribution in [0.1, 0.15) is 12.0 Å². The van der Waals surface area contributed by atoms with E-state index in [1.807, 2.05) is 6.07 Å². The first kappa shape index (κ1) is 11.9. The number of benzene rings is 1. The van der Waals surface area contributed by atoms with Crippen molar-refractivity contribution in [2.24, 2.45) is 0 Å². The molecule has 0 unspecified atom stereocenters. The minimum atomic E-state index is 0.750. The largest absolute Gasteiger partial charge is 0.231 e. The van der Waals surface area contributed by atoms with E-state index in [1.165, 1.54) is 16.7 Å². The van der Waals surface area contributed by atoms with E-state index >= 15 is 0 Å². The first-order valence-corrected chi connectivity index (χ1v) is 4.94. The number of isocyanates is 1. The van der Waals surface area contributed by atoms with Crippen LogP contribution in [0.5, 0.6) is 0 Å². The van der Waals surface area contributed by atoms with Gasteiger partial charge in [0.1, 0.15) is 0 Å². The third-order valence-corrected chi connectivity index (χ3v) is 2.23. The predicted octanol–water partition coefficient (Wildman–Crippen LogP) is 3.49. The highest BCUT2D eigenvalue weighted by Crippen LogP contribution is 2.26. The number of hydrogen-bond acceptors (Lipinski definition) is 2. The fourth-order valence-electron chi connectivity index (χ4n) is 1.52. The molecule has 2 nitrogen and oxygen atoms in total. The van der Waals surface area contributed by atoms with E-state index in [0.717, 1.165) is 12.5 Å². The van der Waals surface area contributed by atoms with Crippen LogP contribution in [-0.2, 0) is 4.79 Å². The molecule has 2 rings (SSSR count). The summed E-state index contributed by atoms with van der Waals surface area (Å²) in [7, 11) is 0. The van der Waals surface area contributed by atoms with E-state index in [9.17, 15) is 0 Å². The lowest BCUT2D eigenvalue weighted by molar-refractivity contribution is 0.563. The summed E-state index contributed by atoms with van der Waals surface area (Å²) in [6.07, 6.45) is 8.08. The third-order valence-electron chi connectivity index (χ3n) is 2.23. The van der Waals surface area contributed by atoms with Gasteiger partial charge in [-0.2, -0.15) is 0 Å². The lowest BCUT2D eigenvalue weighted by atomic mass is 9.93. The lowest BCUT2D eigenvalue weighted by Gasteiger charge is -2.11. The number of allylic oxidation sites excluding steroid dienone is 5. The fourth-order valence-corrected chi connectivity index (χ4v) is 1.52. The Hall–Kier alpha value is -2.18. The topological polar surface area (TPSA) is 40.9 Å². The second-order valence-corrected chi connectivity index (χ2v) is 3.28. The average molecular weight is 211 g/mol. The van der Waals surface area contributed by atoms with Crippen LogP contribution in [0.15, 0.2) is 60.7 Å². The molecule has 0 amide bonds. The number of carbonyl (C=O) groups excluding carboxylic acids is 1. The Morgan fingerprint density at radius 3 is 2.44 bits per heavy atom. The summed E-state index contributed by atoms with van der Waals surface area (Å²) in [6.45, 7) is 4.05. The predicted molar refractivity (Wildman–Crippen MR) is 65.7 cm³/mol. The molecule has 2 heteroatoms. The van der Waals surface area contributed by atoms with Gasteiger partial charge in [-0.15, -0.1) is 0 Å². The minimum absolute atomic E-state index is 0.750. The van der Waals surface area contributed by atoms with Crippen molar-refractivity contribution in [1.29, 1.82) is 5.41 Å². The van der Waals surface area contributed by atoms with Gasteiger partial charge in [-0.1, -0.05) is 55.1 Å². The SMILES string of the molecule is C=C1CC=CC=C1c1ccccc1.N=C=O. The van der Waals surface area contributed by atoms with Crippen LogP contribution >= 0.6 is 0 Å². The second kappa shape index (κ2) is 6.33. The van der Waals surface area contributed by atoms with E-state index in [0.29, 0.717) is 0 Å². The van der Waals surface area contributed by atoms with Crippen molar-refractivity contribution in [3.05, 3.63) is 66.3 Å². The zero-order valence-corrected chi connectivity index (χ0v) is 8.94. The maximum absolute atomic E-state index is 8.35. The van der Waals surface area contributed by atoms with Gasteiger partial charge in [-0.05, 0) is 23.1 Å². The van der Waals surface area contributed by atoms with E-state index in [-0.39, 0.29) is 0 Å². The molecular weight excluding hydrogens is 198 g/mol. The molecule has 1 aliphatic rings. The fraction of sp³-hybridized carbons (Fsp3) is 0.0714. The molecule has 16 heavy (non-hydrogen) atoms. The van der Waals surface area contributed by atoms with Gasteiger partial charge in [0.05, 0.1) is 0 Å². The Balaban J connectivity index is 0.000000386. The molecule has 0 fully saturated rings. The van der Waals surface area contributed by atoms with Crippen LogP contribution in [0, 0.1) is 5.41 Å². The number of hydrogen-bond donors (Lipinski definition) is 1. The zero-order valence-electron chi connectivity index (χ0n) is 8.94. The quantitative estimate of drug-likeness (QED) is 0.560. The van der Waals surface area contributed by atoms with Crippen LogP contribution in [0.4, 0.5) is 0 Å². The molecule has 1 N–H and O–H groups in total. The number of rotatable bonds is 1. The van der Waals surface area contributed by atoms with Crippen molar-refractivity contribution in [3.63, 3.8) is 0 Å². The van der Waals surface area contributed by atoms with E-state index in [4.69, 9.17) is 10.2 Å². The molecule has 0 aromatic heterocycles. The van der Waals surface area contributed by atoms with Crippen molar-refractivity contribution in [1.82, 2.24) is 0 Å². The van der Waals surface area contributed by atoms with E-state index in [1.54, 1.807) is 0 Å². The van der Waals surface area contributed by atoms with Crippen molar-refractivity contribution < 1.29 is 4.79 Å². The first-order valence-electron chi connectivity index (χ1n) is 4.94. The summed E-state index contributed by atoms with van der Waals surface area (Å²) in [5, 5.41) is 5.40. The second-order valence-electron chi connectivity index (χ2n) is 3.28. The highest BCUT2D eigenvalue weighted by atomic mass is 16.1. The molecule has 1 aromatic rings. The molecule has 0 aliphatic heterocycles. The monoisotopic (exact) mass is 211 g/mol. The Labute approximate surface area is 95.1 Å². The molecule has 1 aromatic carbocycles. The molecule has 80 valence electrons. The van der Waals surface area contributed by atoms with Crippen LogP contribution in [0.25, 0.3) is 5.57 Å². The summed E-state index contributed by atoms with van der Waals surface area (Å²) in [5.74, 6) is 0. The summed E-state index contributed by atoms with van der Waals surface area (Å²) in [6, 6.07) is 10.4. The number of nitrogens with one attached hydrogen (secondary N) is 1. The maximum Gasteiger partial charge on any atom is 0.231 e. The third kappa shape index (κ3) is 3.19. The highest BCUT2D eigenvalue weighted by Gasteiger charge is 2.05. The summed E-state index contributed by atoms with van der Waals surface area (Å²) >= 11 is 0. The van der Waals surface area contributed by atoms with Gasteiger partial charge in [-0.3, -0.25) is 0 Å². The Bertz CT molecular complexity index is 449. The molecule has 0 spiro atoms. The van der Waals surface area contributed by atoms with Crippen LogP contribution < -0.4 is 0 Å². The van der Waals surface area contributed by atoms with E-state index < -0.39 is 0 Å². The molecule has 0 heterocycles. The molecular formula is C14H13NO. The van der Waals surface area contributed by atoms with E-state index in [2.05, 4.69) is 49.1 Å². The Morgan fingerprint density at radius 2 is 1.88 bits per heavy atom. The normalized spacial score (nSPS) is 13.2. The van der Waals surface area contributed by atoms with Crippen LogP contribution in [-0.4, -0.2) is 6.08 Å². The lowest BCUT2D eigenvalue weighted by Crippen LogP contribution is -1.90. The smallest absolute Gasteiger partial charge is 0.222 e. The van der Waals surface area contributed by atoms with Crippen molar-refractivity contribution in [3.8, 4) is 0 Å². The zero-order chi connectivity index (χ0) is 11.8. The van der Waals surface area contributed by atoms with Gasteiger partial charge in [-0.25, -0.2) is 10.2 Å². The van der Waals surface area contributed by atoms with Crippen molar-refractivity contribution in [2.45, 2.75) is 6.42 Å². The van der Waals surface area contributed by atoms with Gasteiger partial charge in [0.2, 0.25) is 6.08 Å². The Kier molecular flexibility index (Phi) is 4.71. The van der Waals surface area contributed by atoms with Gasteiger partial charge in [0.15, 0.2) is 0 Å². The maximum atomic E-state index is 8.35. The minimum Gasteiger partial charge on any atom is -0.222 e.